The van der Waals surface area contributed by atoms with E-state index in [0.29, 0.717) is 17.0 Å². The van der Waals surface area contributed by atoms with Crippen LogP contribution >= 0.6 is 0 Å². The Labute approximate surface area is 154 Å². The van der Waals surface area contributed by atoms with E-state index >= 15 is 0 Å². The number of methoxy groups -OCH3 is 1. The summed E-state index contributed by atoms with van der Waals surface area (Å²) in [5, 5.41) is 6.48. The first-order chi connectivity index (χ1) is 13.0. The zero-order valence-corrected chi connectivity index (χ0v) is 14.7. The Bertz CT molecular complexity index is 1020. The average molecular weight is 368 g/mol. The van der Waals surface area contributed by atoms with Crippen molar-refractivity contribution in [3.63, 3.8) is 0 Å². The lowest BCUT2D eigenvalue weighted by atomic mass is 10.1. The second-order valence-corrected chi connectivity index (χ2v) is 5.74. The second-order valence-electron chi connectivity index (χ2n) is 5.74. The van der Waals surface area contributed by atoms with Crippen molar-refractivity contribution in [3.8, 4) is 17.0 Å². The van der Waals surface area contributed by atoms with Gasteiger partial charge in [-0.15, -0.1) is 0 Å². The Morgan fingerprint density at radius 1 is 1.19 bits per heavy atom. The van der Waals surface area contributed by atoms with Crippen LogP contribution in [0.5, 0.6) is 5.75 Å². The highest BCUT2D eigenvalue weighted by molar-refractivity contribution is 5.93. The number of aromatic nitrogens is 3. The number of amides is 1. The Morgan fingerprint density at radius 3 is 2.52 bits per heavy atom. The summed E-state index contributed by atoms with van der Waals surface area (Å²) in [4.78, 5) is 28.6. The van der Waals surface area contributed by atoms with E-state index in [0.717, 1.165) is 4.68 Å². The molecule has 0 radical (unpaired) electrons. The molecule has 0 unspecified atom stereocenters. The van der Waals surface area contributed by atoms with Crippen LogP contribution in [0.25, 0.3) is 11.3 Å². The van der Waals surface area contributed by atoms with Crippen LogP contribution in [-0.2, 0) is 4.79 Å². The highest BCUT2D eigenvalue weighted by Crippen LogP contribution is 2.19. The van der Waals surface area contributed by atoms with Gasteiger partial charge in [0.25, 0.3) is 0 Å². The molecule has 3 aromatic rings. The first-order valence-electron chi connectivity index (χ1n) is 8.15. The molecule has 0 aliphatic heterocycles. The van der Waals surface area contributed by atoms with Crippen LogP contribution < -0.4 is 15.7 Å². The lowest BCUT2D eigenvalue weighted by molar-refractivity contribution is -0.119. The van der Waals surface area contributed by atoms with Gasteiger partial charge < -0.3 is 10.1 Å². The molecule has 0 saturated heterocycles. The molecule has 1 amide bonds. The van der Waals surface area contributed by atoms with Gasteiger partial charge in [-0.05, 0) is 43.3 Å². The summed E-state index contributed by atoms with van der Waals surface area (Å²) >= 11 is 0. The fraction of sp³-hybridized carbons (Fsp3) is 0.158. The Hall–Kier alpha value is -3.55. The SMILES string of the molecule is COc1ccc(-c2cnn([C@H](C)C(=O)Nc3ccccc3F)c(=O)n2)cc1. The van der Waals surface area contributed by atoms with Crippen molar-refractivity contribution < 1.29 is 13.9 Å². The van der Waals surface area contributed by atoms with Gasteiger partial charge in [0.1, 0.15) is 17.6 Å². The van der Waals surface area contributed by atoms with Crippen LogP contribution in [0, 0.1) is 5.82 Å². The number of carbonyl (C=O) groups excluding carboxylic acids is 1. The van der Waals surface area contributed by atoms with E-state index in [-0.39, 0.29) is 5.69 Å². The standard InChI is InChI=1S/C19H17FN4O3/c1-12(18(25)22-16-6-4-3-5-15(16)20)24-19(26)23-17(11-21-24)13-7-9-14(27-2)10-8-13/h3-12H,1-2H3,(H,22,25)/t12-/m1/s1. The Balaban J connectivity index is 1.81. The molecule has 0 bridgehead atoms. The summed E-state index contributed by atoms with van der Waals surface area (Å²) in [6.45, 7) is 1.49. The molecule has 3 rings (SSSR count). The third-order valence-corrected chi connectivity index (χ3v) is 3.98. The maximum atomic E-state index is 13.7. The lowest BCUT2D eigenvalue weighted by Gasteiger charge is -2.14. The molecule has 0 aliphatic rings. The van der Waals surface area contributed by atoms with Crippen LogP contribution in [0.15, 0.2) is 59.5 Å². The van der Waals surface area contributed by atoms with Crippen molar-refractivity contribution in [2.75, 3.05) is 12.4 Å². The molecule has 8 heteroatoms. The maximum Gasteiger partial charge on any atom is 0.365 e. The molecule has 1 N–H and O–H groups in total. The number of carbonyl (C=O) groups is 1. The minimum absolute atomic E-state index is 0.0326. The van der Waals surface area contributed by atoms with E-state index in [2.05, 4.69) is 15.4 Å². The number of nitrogens with zero attached hydrogens (tertiary/aromatic N) is 3. The third kappa shape index (κ3) is 4.00. The fourth-order valence-corrected chi connectivity index (χ4v) is 2.43. The quantitative estimate of drug-likeness (QED) is 0.748. The van der Waals surface area contributed by atoms with E-state index in [4.69, 9.17) is 4.74 Å². The molecule has 1 heterocycles. The van der Waals surface area contributed by atoms with E-state index in [1.165, 1.54) is 31.3 Å². The van der Waals surface area contributed by atoms with Crippen LogP contribution in [0.1, 0.15) is 13.0 Å². The predicted octanol–water partition coefficient (Wildman–Crippen LogP) is 2.65. The van der Waals surface area contributed by atoms with Crippen LogP contribution in [0.3, 0.4) is 0 Å². The molecule has 138 valence electrons. The number of ether oxygens (including phenoxy) is 1. The molecule has 0 spiro atoms. The van der Waals surface area contributed by atoms with Crippen molar-refractivity contribution in [2.45, 2.75) is 13.0 Å². The van der Waals surface area contributed by atoms with Crippen LogP contribution in [-0.4, -0.2) is 27.8 Å². The van der Waals surface area contributed by atoms with E-state index in [9.17, 15) is 14.0 Å². The molecule has 0 fully saturated rings. The van der Waals surface area contributed by atoms with Crippen molar-refractivity contribution in [2.24, 2.45) is 0 Å². The van der Waals surface area contributed by atoms with Crippen molar-refractivity contribution in [1.82, 2.24) is 14.8 Å². The van der Waals surface area contributed by atoms with Crippen LogP contribution in [0.4, 0.5) is 10.1 Å². The van der Waals surface area contributed by atoms with Gasteiger partial charge in [-0.2, -0.15) is 10.1 Å². The monoisotopic (exact) mass is 368 g/mol. The normalized spacial score (nSPS) is 11.7. The third-order valence-electron chi connectivity index (χ3n) is 3.98. The molecule has 2 aromatic carbocycles. The summed E-state index contributed by atoms with van der Waals surface area (Å²) in [6, 6.07) is 11.8. The highest BCUT2D eigenvalue weighted by atomic mass is 19.1. The van der Waals surface area contributed by atoms with Gasteiger partial charge in [-0.3, -0.25) is 4.79 Å². The summed E-state index contributed by atoms with van der Waals surface area (Å²) < 4.78 is 19.7. The molecular formula is C19H17FN4O3. The number of anilines is 1. The molecule has 0 aliphatic carbocycles. The summed E-state index contributed by atoms with van der Waals surface area (Å²) in [5.74, 6) is -0.460. The summed E-state index contributed by atoms with van der Waals surface area (Å²) in [5.41, 5.74) is 0.418. The minimum atomic E-state index is -0.963. The average Bonchev–Trinajstić information content (AvgIpc) is 2.69. The van der Waals surface area contributed by atoms with Crippen molar-refractivity contribution in [3.05, 3.63) is 71.0 Å². The van der Waals surface area contributed by atoms with Gasteiger partial charge in [-0.1, -0.05) is 12.1 Å². The highest BCUT2D eigenvalue weighted by Gasteiger charge is 2.19. The first kappa shape index (κ1) is 18.2. The van der Waals surface area contributed by atoms with Gasteiger partial charge in [0.2, 0.25) is 5.91 Å². The van der Waals surface area contributed by atoms with Gasteiger partial charge in [-0.25, -0.2) is 13.9 Å². The second kappa shape index (κ2) is 7.77. The largest absolute Gasteiger partial charge is 0.497 e. The van der Waals surface area contributed by atoms with E-state index in [1.54, 1.807) is 37.4 Å². The lowest BCUT2D eigenvalue weighted by Crippen LogP contribution is -2.35. The minimum Gasteiger partial charge on any atom is -0.497 e. The molecular weight excluding hydrogens is 351 g/mol. The summed E-state index contributed by atoms with van der Waals surface area (Å²) in [6.07, 6.45) is 1.40. The number of benzene rings is 2. The molecule has 0 saturated carbocycles. The molecule has 1 aromatic heterocycles. The fourth-order valence-electron chi connectivity index (χ4n) is 2.43. The maximum absolute atomic E-state index is 13.7. The van der Waals surface area contributed by atoms with Gasteiger partial charge in [0.15, 0.2) is 0 Å². The number of para-hydroxylation sites is 1. The molecule has 7 nitrogen and oxygen atoms in total. The first-order valence-corrected chi connectivity index (χ1v) is 8.15. The smallest absolute Gasteiger partial charge is 0.365 e. The zero-order chi connectivity index (χ0) is 19.4. The van der Waals surface area contributed by atoms with E-state index in [1.807, 2.05) is 0 Å². The Morgan fingerprint density at radius 2 is 1.89 bits per heavy atom. The Kier molecular flexibility index (Phi) is 5.25. The zero-order valence-electron chi connectivity index (χ0n) is 14.7. The van der Waals surface area contributed by atoms with E-state index < -0.39 is 23.5 Å². The topological polar surface area (TPSA) is 86.1 Å². The number of rotatable bonds is 5. The van der Waals surface area contributed by atoms with Gasteiger partial charge in [0.05, 0.1) is 24.7 Å². The molecule has 1 atom stereocenters. The molecule has 27 heavy (non-hydrogen) atoms. The number of hydrogen-bond donors (Lipinski definition) is 1. The number of hydrogen-bond acceptors (Lipinski definition) is 5. The van der Waals surface area contributed by atoms with Gasteiger partial charge in [0, 0.05) is 5.56 Å². The van der Waals surface area contributed by atoms with Crippen molar-refractivity contribution >= 4 is 11.6 Å². The number of halogens is 1. The van der Waals surface area contributed by atoms with Crippen molar-refractivity contribution in [1.29, 1.82) is 0 Å². The summed E-state index contributed by atoms with van der Waals surface area (Å²) in [7, 11) is 1.56. The van der Waals surface area contributed by atoms with Gasteiger partial charge >= 0.3 is 5.69 Å². The predicted molar refractivity (Wildman–Crippen MR) is 98.0 cm³/mol. The van der Waals surface area contributed by atoms with Crippen LogP contribution in [0.2, 0.25) is 0 Å². The number of nitrogens with one attached hydrogen (secondary N) is 1.